The van der Waals surface area contributed by atoms with E-state index in [4.69, 9.17) is 0 Å². The Labute approximate surface area is 183 Å². The molecule has 1 saturated carbocycles. The molecule has 1 N–H and O–H groups in total. The van der Waals surface area contributed by atoms with E-state index in [0.717, 1.165) is 31.1 Å². The van der Waals surface area contributed by atoms with Crippen molar-refractivity contribution < 1.29 is 4.79 Å². The fourth-order valence-electron chi connectivity index (χ4n) is 5.99. The molecule has 2 aromatic heterocycles. The largest absolute Gasteiger partial charge is 0.335 e. The van der Waals surface area contributed by atoms with Gasteiger partial charge in [0.25, 0.3) is 5.91 Å². The van der Waals surface area contributed by atoms with Crippen molar-refractivity contribution >= 4 is 17.2 Å². The number of rotatable bonds is 4. The monoisotopic (exact) mass is 426 g/mol. The number of aromatic nitrogens is 2. The fraction of sp³-hybridized carbons (Fsp3) is 0.667. The average molecular weight is 427 g/mol. The second-order valence-electron chi connectivity index (χ2n) is 9.51. The van der Waals surface area contributed by atoms with E-state index < -0.39 is 0 Å². The van der Waals surface area contributed by atoms with Crippen molar-refractivity contribution in [3.05, 3.63) is 39.8 Å². The maximum Gasteiger partial charge on any atom is 0.254 e. The number of nitrogens with one attached hydrogen (secondary N) is 1. The van der Waals surface area contributed by atoms with E-state index in [9.17, 15) is 4.79 Å². The number of hydrogen-bond donors (Lipinski definition) is 1. The number of fused-ring (bicyclic) bond motifs is 1. The Bertz CT molecular complexity index is 837. The van der Waals surface area contributed by atoms with Gasteiger partial charge in [0.2, 0.25) is 0 Å². The van der Waals surface area contributed by atoms with Gasteiger partial charge in [-0.1, -0.05) is 12.8 Å². The predicted octanol–water partition coefficient (Wildman–Crippen LogP) is 5.21. The van der Waals surface area contributed by atoms with Gasteiger partial charge in [-0.15, -0.1) is 11.3 Å². The molecule has 2 aromatic rings. The van der Waals surface area contributed by atoms with Gasteiger partial charge in [-0.2, -0.15) is 5.10 Å². The molecule has 3 unspecified atom stereocenters. The Hall–Kier alpha value is -1.66. The summed E-state index contributed by atoms with van der Waals surface area (Å²) in [5, 5.41) is 9.16. The Balaban J connectivity index is 1.21. The van der Waals surface area contributed by atoms with Crippen LogP contribution in [0.2, 0.25) is 0 Å². The first-order chi connectivity index (χ1) is 14.7. The van der Waals surface area contributed by atoms with Crippen LogP contribution in [-0.4, -0.2) is 51.6 Å². The number of nitrogens with zero attached hydrogens (tertiary/aromatic N) is 3. The Morgan fingerprint density at radius 1 is 1.13 bits per heavy atom. The van der Waals surface area contributed by atoms with Crippen LogP contribution >= 0.6 is 11.3 Å². The molecule has 5 rings (SSSR count). The zero-order valence-corrected chi connectivity index (χ0v) is 18.9. The SMILES string of the molecule is CC(c1cn[nH]c1)N1CCC(c2cc(C(=O)N3CCCC4CCCCC43)cs2)CC1. The van der Waals surface area contributed by atoms with Crippen LogP contribution in [0.4, 0.5) is 0 Å². The first-order valence-electron chi connectivity index (χ1n) is 11.8. The predicted molar refractivity (Wildman–Crippen MR) is 121 cm³/mol. The number of carbonyl (C=O) groups is 1. The zero-order chi connectivity index (χ0) is 20.5. The number of thiophene rings is 1. The molecule has 1 aliphatic carbocycles. The molecule has 4 heterocycles. The van der Waals surface area contributed by atoms with Crippen LogP contribution in [0.3, 0.4) is 0 Å². The van der Waals surface area contributed by atoms with Crippen molar-refractivity contribution in [2.24, 2.45) is 5.92 Å². The minimum absolute atomic E-state index is 0.292. The normalized spacial score (nSPS) is 27.0. The molecule has 30 heavy (non-hydrogen) atoms. The van der Waals surface area contributed by atoms with Gasteiger partial charge >= 0.3 is 0 Å². The van der Waals surface area contributed by atoms with E-state index in [2.05, 4.69) is 38.4 Å². The first-order valence-corrected chi connectivity index (χ1v) is 12.7. The molecule has 1 amide bonds. The number of piperidine rings is 2. The van der Waals surface area contributed by atoms with Crippen LogP contribution in [0.5, 0.6) is 0 Å². The summed E-state index contributed by atoms with van der Waals surface area (Å²) < 4.78 is 0. The molecule has 6 heteroatoms. The molecule has 2 saturated heterocycles. The van der Waals surface area contributed by atoms with Crippen molar-refractivity contribution in [2.75, 3.05) is 19.6 Å². The zero-order valence-electron chi connectivity index (χ0n) is 18.1. The molecule has 162 valence electrons. The van der Waals surface area contributed by atoms with Crippen LogP contribution < -0.4 is 0 Å². The number of carbonyl (C=O) groups excluding carboxylic acids is 1. The second kappa shape index (κ2) is 8.83. The highest BCUT2D eigenvalue weighted by Crippen LogP contribution is 2.38. The molecule has 5 nitrogen and oxygen atoms in total. The third-order valence-electron chi connectivity index (χ3n) is 7.85. The fourth-order valence-corrected chi connectivity index (χ4v) is 7.05. The van der Waals surface area contributed by atoms with Gasteiger partial charge in [0.15, 0.2) is 0 Å². The maximum absolute atomic E-state index is 13.3. The number of likely N-dealkylation sites (tertiary alicyclic amines) is 2. The van der Waals surface area contributed by atoms with E-state index in [-0.39, 0.29) is 0 Å². The van der Waals surface area contributed by atoms with Crippen molar-refractivity contribution in [1.82, 2.24) is 20.0 Å². The molecule has 0 spiro atoms. The van der Waals surface area contributed by atoms with E-state index in [1.54, 1.807) is 11.3 Å². The third-order valence-corrected chi connectivity index (χ3v) is 8.95. The third kappa shape index (κ3) is 3.96. The highest BCUT2D eigenvalue weighted by atomic mass is 32.1. The van der Waals surface area contributed by atoms with Gasteiger partial charge in [-0.25, -0.2) is 0 Å². The first kappa shape index (κ1) is 20.3. The average Bonchev–Trinajstić information content (AvgIpc) is 3.50. The van der Waals surface area contributed by atoms with Crippen molar-refractivity contribution in [3.8, 4) is 0 Å². The lowest BCUT2D eigenvalue weighted by atomic mass is 9.78. The van der Waals surface area contributed by atoms with Gasteiger partial charge < -0.3 is 4.90 Å². The molecule has 0 bridgehead atoms. The molecule has 3 aliphatic rings. The molecular weight excluding hydrogens is 392 g/mol. The topological polar surface area (TPSA) is 52.2 Å². The summed E-state index contributed by atoms with van der Waals surface area (Å²) in [7, 11) is 0. The van der Waals surface area contributed by atoms with E-state index in [1.807, 2.05) is 12.4 Å². The molecule has 3 atom stereocenters. The Kier molecular flexibility index (Phi) is 5.96. The lowest BCUT2D eigenvalue weighted by Gasteiger charge is -2.44. The number of aromatic amines is 1. The summed E-state index contributed by atoms with van der Waals surface area (Å²) >= 11 is 1.80. The highest BCUT2D eigenvalue weighted by Gasteiger charge is 2.36. The standard InChI is InChI=1S/C24H34N4OS/c1-17(21-14-25-26-15-21)27-11-8-19(9-12-27)23-13-20(16-30-23)24(29)28-10-4-6-18-5-2-3-7-22(18)28/h13-19,22H,2-12H2,1H3,(H,25,26). The molecule has 3 fully saturated rings. The van der Waals surface area contributed by atoms with E-state index in [0.29, 0.717) is 23.9 Å². The maximum atomic E-state index is 13.3. The Morgan fingerprint density at radius 2 is 1.93 bits per heavy atom. The van der Waals surface area contributed by atoms with Crippen LogP contribution in [0.1, 0.15) is 91.0 Å². The van der Waals surface area contributed by atoms with Crippen LogP contribution in [-0.2, 0) is 0 Å². The Morgan fingerprint density at radius 3 is 2.73 bits per heavy atom. The minimum Gasteiger partial charge on any atom is -0.335 e. The van der Waals surface area contributed by atoms with Gasteiger partial charge in [0, 0.05) is 40.6 Å². The number of amides is 1. The quantitative estimate of drug-likeness (QED) is 0.730. The number of H-pyrrole nitrogens is 1. The van der Waals surface area contributed by atoms with Crippen molar-refractivity contribution in [2.45, 2.75) is 76.3 Å². The second-order valence-corrected chi connectivity index (χ2v) is 10.5. The van der Waals surface area contributed by atoms with Crippen molar-refractivity contribution in [3.63, 3.8) is 0 Å². The lowest BCUT2D eigenvalue weighted by molar-refractivity contribution is 0.0391. The van der Waals surface area contributed by atoms with Gasteiger partial charge in [0.05, 0.1) is 11.8 Å². The summed E-state index contributed by atoms with van der Waals surface area (Å²) in [6.07, 6.45) is 13.9. The number of hydrogen-bond acceptors (Lipinski definition) is 4. The summed E-state index contributed by atoms with van der Waals surface area (Å²) in [4.78, 5) is 19.5. The van der Waals surface area contributed by atoms with Gasteiger partial charge in [-0.3, -0.25) is 14.8 Å². The van der Waals surface area contributed by atoms with E-state index >= 15 is 0 Å². The van der Waals surface area contributed by atoms with Gasteiger partial charge in [0.1, 0.15) is 0 Å². The molecule has 2 aliphatic heterocycles. The molecular formula is C24H34N4OS. The van der Waals surface area contributed by atoms with Crippen LogP contribution in [0.15, 0.2) is 23.8 Å². The molecule has 0 radical (unpaired) electrons. The summed E-state index contributed by atoms with van der Waals surface area (Å²) in [6, 6.07) is 3.13. The highest BCUT2D eigenvalue weighted by molar-refractivity contribution is 7.10. The minimum atomic E-state index is 0.292. The van der Waals surface area contributed by atoms with Gasteiger partial charge in [-0.05, 0) is 76.4 Å². The summed E-state index contributed by atoms with van der Waals surface area (Å²) in [5.74, 6) is 1.63. The van der Waals surface area contributed by atoms with Crippen molar-refractivity contribution in [1.29, 1.82) is 0 Å². The summed E-state index contributed by atoms with van der Waals surface area (Å²) in [6.45, 7) is 5.43. The van der Waals surface area contributed by atoms with Crippen LogP contribution in [0, 0.1) is 5.92 Å². The summed E-state index contributed by atoms with van der Waals surface area (Å²) in [5.41, 5.74) is 2.20. The van der Waals surface area contributed by atoms with E-state index in [1.165, 1.54) is 61.8 Å². The van der Waals surface area contributed by atoms with Crippen LogP contribution in [0.25, 0.3) is 0 Å². The molecule has 0 aromatic carbocycles. The lowest BCUT2D eigenvalue weighted by Crippen LogP contribution is -2.49. The smallest absolute Gasteiger partial charge is 0.254 e.